The van der Waals surface area contributed by atoms with Gasteiger partial charge < -0.3 is 4.74 Å². The third-order valence-corrected chi connectivity index (χ3v) is 4.07. The monoisotopic (exact) mass is 400 g/mol. The van der Waals surface area contributed by atoms with Crippen LogP contribution in [-0.4, -0.2) is 28.5 Å². The highest BCUT2D eigenvalue weighted by Crippen LogP contribution is 2.35. The maximum atomic E-state index is 13.1. The molecule has 0 radical (unpaired) electrons. The maximum absolute atomic E-state index is 13.1. The predicted molar refractivity (Wildman–Crippen MR) is 88.3 cm³/mol. The summed E-state index contributed by atoms with van der Waals surface area (Å²) >= 11 is 5.87. The molecule has 0 saturated carbocycles. The highest BCUT2D eigenvalue weighted by atomic mass is 35.5. The lowest BCUT2D eigenvalue weighted by atomic mass is 10.1. The van der Waals surface area contributed by atoms with Crippen molar-refractivity contribution in [3.63, 3.8) is 0 Å². The minimum Gasteiger partial charge on any atom is -0.486 e. The fourth-order valence-electron chi connectivity index (χ4n) is 2.40. The van der Waals surface area contributed by atoms with Crippen LogP contribution in [0.5, 0.6) is 5.75 Å². The summed E-state index contributed by atoms with van der Waals surface area (Å²) in [5, 5.41) is 2.06. The molecule has 3 amide bonds. The number of hydrogen-bond donors (Lipinski definition) is 1. The first-order valence-corrected chi connectivity index (χ1v) is 8.04. The lowest BCUT2D eigenvalue weighted by molar-refractivity contribution is -0.138. The van der Waals surface area contributed by atoms with E-state index in [4.69, 9.17) is 16.3 Å². The van der Waals surface area contributed by atoms with Crippen LogP contribution < -0.4 is 15.0 Å². The third-order valence-electron chi connectivity index (χ3n) is 3.72. The second kappa shape index (κ2) is 7.39. The fourth-order valence-corrected chi connectivity index (χ4v) is 2.63. The zero-order chi connectivity index (χ0) is 19.6. The average Bonchev–Trinajstić information content (AvgIpc) is 2.60. The van der Waals surface area contributed by atoms with Gasteiger partial charge in [0, 0.05) is 23.6 Å². The zero-order valence-corrected chi connectivity index (χ0v) is 14.3. The number of carbonyl (C=O) groups is 2. The van der Waals surface area contributed by atoms with E-state index in [-0.39, 0.29) is 35.2 Å². The lowest BCUT2D eigenvalue weighted by Crippen LogP contribution is -2.50. The van der Waals surface area contributed by atoms with Crippen molar-refractivity contribution in [3.05, 3.63) is 46.7 Å². The zero-order valence-electron chi connectivity index (χ0n) is 13.6. The molecule has 2 aromatic rings. The van der Waals surface area contributed by atoms with Crippen molar-refractivity contribution in [3.8, 4) is 5.75 Å². The van der Waals surface area contributed by atoms with Crippen LogP contribution in [-0.2, 0) is 17.6 Å². The van der Waals surface area contributed by atoms with Gasteiger partial charge in [0.05, 0.1) is 18.0 Å². The van der Waals surface area contributed by atoms with Gasteiger partial charge in [0.2, 0.25) is 11.9 Å². The Labute approximate surface area is 156 Å². The first kappa shape index (κ1) is 18.9. The fraction of sp³-hybridized carbons (Fsp3) is 0.250. The standard InChI is InChI=1S/C16H12ClF3N4O3/c17-12-3-1-2-11(16(18,19)20)10(12)8-27-9-6-21-14(22-7-9)24-5-4-13(25)23-15(24)26/h1-3,6-7H,4-5,8H2,(H,23,25,26). The molecule has 2 heterocycles. The first-order valence-electron chi connectivity index (χ1n) is 7.66. The van der Waals surface area contributed by atoms with Gasteiger partial charge in [-0.3, -0.25) is 15.0 Å². The van der Waals surface area contributed by atoms with Crippen LogP contribution in [0.4, 0.5) is 23.9 Å². The molecule has 0 bridgehead atoms. The first-order chi connectivity index (χ1) is 12.8. The smallest absolute Gasteiger partial charge is 0.416 e. The summed E-state index contributed by atoms with van der Waals surface area (Å²) in [6, 6.07) is 2.82. The van der Waals surface area contributed by atoms with Crippen molar-refractivity contribution in [1.29, 1.82) is 0 Å². The number of urea groups is 1. The van der Waals surface area contributed by atoms with Gasteiger partial charge >= 0.3 is 12.2 Å². The van der Waals surface area contributed by atoms with Crippen LogP contribution in [0.3, 0.4) is 0 Å². The Kier molecular flexibility index (Phi) is 5.17. The number of amides is 3. The molecular formula is C16H12ClF3N4O3. The molecule has 142 valence electrons. The van der Waals surface area contributed by atoms with Gasteiger partial charge in [-0.1, -0.05) is 17.7 Å². The van der Waals surface area contributed by atoms with Gasteiger partial charge in [0.15, 0.2) is 5.75 Å². The quantitative estimate of drug-likeness (QED) is 0.852. The molecule has 1 fully saturated rings. The third kappa shape index (κ3) is 4.27. The average molecular weight is 401 g/mol. The van der Waals surface area contributed by atoms with E-state index in [1.165, 1.54) is 29.4 Å². The summed E-state index contributed by atoms with van der Waals surface area (Å²) in [7, 11) is 0. The molecule has 0 atom stereocenters. The van der Waals surface area contributed by atoms with E-state index in [9.17, 15) is 22.8 Å². The van der Waals surface area contributed by atoms with Gasteiger partial charge in [0.1, 0.15) is 6.61 Å². The molecule has 1 aliphatic heterocycles. The molecular weight excluding hydrogens is 389 g/mol. The molecule has 7 nitrogen and oxygen atoms in total. The van der Waals surface area contributed by atoms with Crippen LogP contribution >= 0.6 is 11.6 Å². The number of aromatic nitrogens is 2. The minimum absolute atomic E-state index is 0.0427. The molecule has 0 spiro atoms. The number of carbonyl (C=O) groups excluding carboxylic acids is 2. The van der Waals surface area contributed by atoms with E-state index in [0.717, 1.165) is 6.07 Å². The molecule has 27 heavy (non-hydrogen) atoms. The van der Waals surface area contributed by atoms with Crippen LogP contribution in [0, 0.1) is 0 Å². The van der Waals surface area contributed by atoms with Gasteiger partial charge in [0.25, 0.3) is 0 Å². The minimum atomic E-state index is -4.57. The number of anilines is 1. The molecule has 0 unspecified atom stereocenters. The molecule has 1 saturated heterocycles. The Morgan fingerprint density at radius 3 is 2.56 bits per heavy atom. The van der Waals surface area contributed by atoms with Gasteiger partial charge in [-0.2, -0.15) is 13.2 Å². The normalized spacial score (nSPS) is 14.9. The van der Waals surface area contributed by atoms with E-state index in [1.807, 2.05) is 0 Å². The molecule has 1 aromatic heterocycles. The summed E-state index contributed by atoms with van der Waals surface area (Å²) in [6.45, 7) is -0.310. The lowest BCUT2D eigenvalue weighted by Gasteiger charge is -2.24. The van der Waals surface area contributed by atoms with Crippen molar-refractivity contribution < 1.29 is 27.5 Å². The van der Waals surface area contributed by atoms with Crippen LogP contribution in [0.15, 0.2) is 30.6 Å². The van der Waals surface area contributed by atoms with E-state index in [2.05, 4.69) is 15.3 Å². The number of alkyl halides is 3. The summed E-state index contributed by atoms with van der Waals surface area (Å²) in [6.07, 6.45) is -2.02. The van der Waals surface area contributed by atoms with Crippen LogP contribution in [0.2, 0.25) is 5.02 Å². The number of nitrogens with zero attached hydrogens (tertiary/aromatic N) is 3. The van der Waals surface area contributed by atoms with E-state index in [1.54, 1.807) is 0 Å². The Morgan fingerprint density at radius 2 is 1.93 bits per heavy atom. The summed E-state index contributed by atoms with van der Waals surface area (Å²) in [5.74, 6) is -0.252. The highest BCUT2D eigenvalue weighted by molar-refractivity contribution is 6.31. The number of nitrogens with one attached hydrogen (secondary N) is 1. The van der Waals surface area contributed by atoms with Gasteiger partial charge in [-0.25, -0.2) is 14.8 Å². The van der Waals surface area contributed by atoms with E-state index >= 15 is 0 Å². The Hall–Kier alpha value is -2.88. The number of rotatable bonds is 4. The Bertz CT molecular complexity index is 874. The number of ether oxygens (including phenoxy) is 1. The number of halogens is 4. The largest absolute Gasteiger partial charge is 0.486 e. The Balaban J connectivity index is 1.72. The van der Waals surface area contributed by atoms with Crippen LogP contribution in [0.25, 0.3) is 0 Å². The highest BCUT2D eigenvalue weighted by Gasteiger charge is 2.34. The number of imide groups is 1. The molecule has 1 N–H and O–H groups in total. The maximum Gasteiger partial charge on any atom is 0.416 e. The van der Waals surface area contributed by atoms with Crippen molar-refractivity contribution in [2.45, 2.75) is 19.2 Å². The van der Waals surface area contributed by atoms with Crippen molar-refractivity contribution >= 4 is 29.5 Å². The predicted octanol–water partition coefficient (Wildman–Crippen LogP) is 3.17. The summed E-state index contributed by atoms with van der Waals surface area (Å²) in [4.78, 5) is 31.9. The number of hydrogen-bond acceptors (Lipinski definition) is 5. The molecule has 1 aromatic carbocycles. The SMILES string of the molecule is O=C1CCN(c2ncc(OCc3c(Cl)cccc3C(F)(F)F)cn2)C(=O)N1. The second-order valence-corrected chi connectivity index (χ2v) is 5.93. The molecule has 0 aliphatic carbocycles. The molecule has 11 heteroatoms. The summed E-state index contributed by atoms with van der Waals surface area (Å²) in [5.41, 5.74) is -1.09. The van der Waals surface area contributed by atoms with Gasteiger partial charge in [-0.15, -0.1) is 0 Å². The van der Waals surface area contributed by atoms with Crippen molar-refractivity contribution in [2.75, 3.05) is 11.4 Å². The van der Waals surface area contributed by atoms with E-state index in [0.29, 0.717) is 0 Å². The van der Waals surface area contributed by atoms with E-state index < -0.39 is 30.3 Å². The summed E-state index contributed by atoms with van der Waals surface area (Å²) < 4.78 is 44.5. The van der Waals surface area contributed by atoms with Gasteiger partial charge in [-0.05, 0) is 12.1 Å². The molecule has 3 rings (SSSR count). The van der Waals surface area contributed by atoms with Crippen LogP contribution in [0.1, 0.15) is 17.5 Å². The Morgan fingerprint density at radius 1 is 1.22 bits per heavy atom. The number of benzene rings is 1. The second-order valence-electron chi connectivity index (χ2n) is 5.53. The topological polar surface area (TPSA) is 84.4 Å². The van der Waals surface area contributed by atoms with Crippen molar-refractivity contribution in [2.24, 2.45) is 0 Å². The molecule has 1 aliphatic rings. The van der Waals surface area contributed by atoms with Crippen molar-refractivity contribution in [1.82, 2.24) is 15.3 Å².